The highest BCUT2D eigenvalue weighted by molar-refractivity contribution is 6.07. The van der Waals surface area contributed by atoms with E-state index in [4.69, 9.17) is 0 Å². The summed E-state index contributed by atoms with van der Waals surface area (Å²) in [6, 6.07) is 13.7. The van der Waals surface area contributed by atoms with Gasteiger partial charge in [0.15, 0.2) is 0 Å². The van der Waals surface area contributed by atoms with E-state index < -0.39 is 29.9 Å². The molecule has 2 aromatic carbocycles. The van der Waals surface area contributed by atoms with Crippen LogP contribution in [0.5, 0.6) is 0 Å². The summed E-state index contributed by atoms with van der Waals surface area (Å²) in [4.78, 5) is 50.8. The molecule has 3 amide bonds. The van der Waals surface area contributed by atoms with Gasteiger partial charge in [-0.1, -0.05) is 82.6 Å². The van der Waals surface area contributed by atoms with E-state index in [0.717, 1.165) is 12.0 Å². The number of hydrogen-bond acceptors (Lipinski definition) is 4. The van der Waals surface area contributed by atoms with Crippen LogP contribution in [0, 0.1) is 11.8 Å². The number of rotatable bonds is 10. The third-order valence-electron chi connectivity index (χ3n) is 6.75. The quantitative estimate of drug-likeness (QED) is 0.369. The molecule has 1 heterocycles. The molecule has 0 bridgehead atoms. The maximum absolute atomic E-state index is 13.2. The number of hydrogen-bond donors (Lipinski definition) is 4. The highest BCUT2D eigenvalue weighted by Crippen LogP contribution is 2.31. The van der Waals surface area contributed by atoms with E-state index in [9.17, 15) is 24.3 Å². The molecule has 1 aliphatic rings. The van der Waals surface area contributed by atoms with Crippen molar-refractivity contribution in [3.8, 4) is 0 Å². The number of carboxylic acids is 1. The Bertz CT molecular complexity index is 1180. The lowest BCUT2D eigenvalue weighted by Crippen LogP contribution is -2.54. The standard InChI is InChI=1S/C29H35N3O5/c1-5-18(4)26-22(20-13-9-10-14-21(20)27(34)32-26)16-24(33)31-25(17(2)3)28(35)30-23(29(36)37)15-19-11-7-6-8-12-19/h6-14,16-18,23,25-26H,5,15H2,1-4H3,(H,30,35)(H,31,33)(H,32,34)(H,36,37)/b22-16-/t18-,23-,25-,26-/m0/s1. The zero-order valence-corrected chi connectivity index (χ0v) is 21.7. The van der Waals surface area contributed by atoms with Crippen LogP contribution in [0.4, 0.5) is 0 Å². The molecule has 37 heavy (non-hydrogen) atoms. The van der Waals surface area contributed by atoms with Crippen molar-refractivity contribution in [2.24, 2.45) is 11.8 Å². The number of carbonyl (C=O) groups is 4. The Labute approximate surface area is 217 Å². The molecular formula is C29H35N3O5. The van der Waals surface area contributed by atoms with Gasteiger partial charge in [-0.2, -0.15) is 0 Å². The monoisotopic (exact) mass is 505 g/mol. The zero-order chi connectivity index (χ0) is 27.1. The first-order valence-electron chi connectivity index (χ1n) is 12.6. The van der Waals surface area contributed by atoms with E-state index in [0.29, 0.717) is 16.7 Å². The number of benzene rings is 2. The summed E-state index contributed by atoms with van der Waals surface area (Å²) >= 11 is 0. The lowest BCUT2D eigenvalue weighted by Gasteiger charge is -2.32. The topological polar surface area (TPSA) is 125 Å². The van der Waals surface area contributed by atoms with Crippen molar-refractivity contribution in [1.82, 2.24) is 16.0 Å². The molecular weight excluding hydrogens is 470 g/mol. The van der Waals surface area contributed by atoms with Crippen LogP contribution >= 0.6 is 0 Å². The van der Waals surface area contributed by atoms with Crippen molar-refractivity contribution in [3.63, 3.8) is 0 Å². The van der Waals surface area contributed by atoms with E-state index in [1.807, 2.05) is 32.0 Å². The Hall–Kier alpha value is -3.94. The molecule has 0 saturated heterocycles. The second kappa shape index (κ2) is 12.3. The van der Waals surface area contributed by atoms with E-state index >= 15 is 0 Å². The highest BCUT2D eigenvalue weighted by atomic mass is 16.4. The minimum absolute atomic E-state index is 0.0786. The minimum atomic E-state index is -1.15. The average molecular weight is 506 g/mol. The number of carboxylic acid groups (broad SMARTS) is 1. The van der Waals surface area contributed by atoms with Gasteiger partial charge in [0.1, 0.15) is 12.1 Å². The van der Waals surface area contributed by atoms with Crippen LogP contribution in [0.1, 0.15) is 55.6 Å². The number of nitrogens with one attached hydrogen (secondary N) is 3. The smallest absolute Gasteiger partial charge is 0.326 e. The molecule has 4 atom stereocenters. The first-order valence-corrected chi connectivity index (χ1v) is 12.6. The summed E-state index contributed by atoms with van der Waals surface area (Å²) < 4.78 is 0. The van der Waals surface area contributed by atoms with Gasteiger partial charge in [-0.15, -0.1) is 0 Å². The third kappa shape index (κ3) is 6.84. The molecule has 196 valence electrons. The molecule has 8 nitrogen and oxygen atoms in total. The molecule has 1 aliphatic heterocycles. The fourth-order valence-electron chi connectivity index (χ4n) is 4.43. The molecule has 0 fully saturated rings. The number of fused-ring (bicyclic) bond motifs is 1. The molecule has 2 aromatic rings. The number of carbonyl (C=O) groups excluding carboxylic acids is 3. The van der Waals surface area contributed by atoms with Crippen LogP contribution in [-0.2, 0) is 20.8 Å². The van der Waals surface area contributed by atoms with E-state index in [1.165, 1.54) is 6.08 Å². The van der Waals surface area contributed by atoms with Gasteiger partial charge in [0.25, 0.3) is 5.91 Å². The Morgan fingerprint density at radius 2 is 1.59 bits per heavy atom. The van der Waals surface area contributed by atoms with E-state index in [2.05, 4.69) is 16.0 Å². The fraction of sp³-hybridized carbons (Fsp3) is 0.379. The molecule has 0 aliphatic carbocycles. The van der Waals surface area contributed by atoms with Crippen molar-refractivity contribution in [1.29, 1.82) is 0 Å². The summed E-state index contributed by atoms with van der Waals surface area (Å²) in [5, 5.41) is 18.0. The van der Waals surface area contributed by atoms with E-state index in [1.54, 1.807) is 50.2 Å². The Balaban J connectivity index is 1.82. The van der Waals surface area contributed by atoms with Gasteiger partial charge in [-0.25, -0.2) is 4.79 Å². The summed E-state index contributed by atoms with van der Waals surface area (Å²) in [7, 11) is 0. The first kappa shape index (κ1) is 27.6. The average Bonchev–Trinajstić information content (AvgIpc) is 2.88. The van der Waals surface area contributed by atoms with Crippen LogP contribution in [0.25, 0.3) is 5.57 Å². The van der Waals surface area contributed by atoms with Crippen LogP contribution < -0.4 is 16.0 Å². The second-order valence-corrected chi connectivity index (χ2v) is 9.80. The van der Waals surface area contributed by atoms with Crippen LogP contribution in [0.3, 0.4) is 0 Å². The molecule has 0 unspecified atom stereocenters. The van der Waals surface area contributed by atoms with Gasteiger partial charge in [-0.3, -0.25) is 14.4 Å². The minimum Gasteiger partial charge on any atom is -0.480 e. The van der Waals surface area contributed by atoms with Gasteiger partial charge < -0.3 is 21.1 Å². The largest absolute Gasteiger partial charge is 0.480 e. The summed E-state index contributed by atoms with van der Waals surface area (Å²) in [6.07, 6.45) is 2.36. The summed E-state index contributed by atoms with van der Waals surface area (Å²) in [5.41, 5.74) is 2.63. The molecule has 0 saturated carbocycles. The first-order chi connectivity index (χ1) is 17.6. The SMILES string of the molecule is CC[C@H](C)[C@@H]1NC(=O)c2ccccc2/C1=C/C(=O)N[C@H](C(=O)N[C@@H](Cc1ccccc1)C(=O)O)C(C)C. The predicted octanol–water partition coefficient (Wildman–Crippen LogP) is 3.18. The van der Waals surface area contributed by atoms with E-state index in [-0.39, 0.29) is 30.2 Å². The molecule has 0 spiro atoms. The normalized spacial score (nSPS) is 18.4. The molecule has 0 aromatic heterocycles. The maximum Gasteiger partial charge on any atom is 0.326 e. The molecule has 0 radical (unpaired) electrons. The van der Waals surface area contributed by atoms with Gasteiger partial charge in [0.05, 0.1) is 6.04 Å². The lowest BCUT2D eigenvalue weighted by molar-refractivity contribution is -0.142. The molecule has 3 rings (SSSR count). The highest BCUT2D eigenvalue weighted by Gasteiger charge is 2.33. The van der Waals surface area contributed by atoms with Crippen molar-refractivity contribution < 1.29 is 24.3 Å². The lowest BCUT2D eigenvalue weighted by atomic mass is 9.82. The van der Waals surface area contributed by atoms with Crippen molar-refractivity contribution >= 4 is 29.3 Å². The summed E-state index contributed by atoms with van der Waals surface area (Å²) in [6.45, 7) is 7.59. The van der Waals surface area contributed by atoms with Crippen molar-refractivity contribution in [2.45, 2.75) is 58.7 Å². The number of aliphatic carboxylic acids is 1. The Morgan fingerprint density at radius 3 is 2.19 bits per heavy atom. The predicted molar refractivity (Wildman–Crippen MR) is 142 cm³/mol. The van der Waals surface area contributed by atoms with Crippen molar-refractivity contribution in [2.75, 3.05) is 0 Å². The Kier molecular flexibility index (Phi) is 9.22. The fourth-order valence-corrected chi connectivity index (χ4v) is 4.43. The van der Waals surface area contributed by atoms with Gasteiger partial charge in [0.2, 0.25) is 11.8 Å². The third-order valence-corrected chi connectivity index (χ3v) is 6.75. The molecule has 8 heteroatoms. The van der Waals surface area contributed by atoms with Crippen LogP contribution in [0.15, 0.2) is 60.7 Å². The number of amides is 3. The van der Waals surface area contributed by atoms with Gasteiger partial charge in [0, 0.05) is 18.1 Å². The zero-order valence-electron chi connectivity index (χ0n) is 21.7. The maximum atomic E-state index is 13.2. The van der Waals surface area contributed by atoms with Gasteiger partial charge in [-0.05, 0) is 34.6 Å². The Morgan fingerprint density at radius 1 is 0.973 bits per heavy atom. The van der Waals surface area contributed by atoms with Crippen molar-refractivity contribution in [3.05, 3.63) is 77.4 Å². The van der Waals surface area contributed by atoms with Crippen LogP contribution in [-0.4, -0.2) is 46.9 Å². The van der Waals surface area contributed by atoms with Crippen LogP contribution in [0.2, 0.25) is 0 Å². The summed E-state index contributed by atoms with van der Waals surface area (Å²) in [5.74, 6) is -2.61. The molecule has 4 N–H and O–H groups in total. The second-order valence-electron chi connectivity index (χ2n) is 9.80. The van der Waals surface area contributed by atoms with Gasteiger partial charge >= 0.3 is 5.97 Å².